The molecule has 0 radical (unpaired) electrons. The van der Waals surface area contributed by atoms with Crippen LogP contribution in [-0.2, 0) is 9.59 Å². The number of carboxylic acids is 1. The van der Waals surface area contributed by atoms with E-state index in [9.17, 15) is 9.59 Å². The summed E-state index contributed by atoms with van der Waals surface area (Å²) in [6.45, 7) is 1.23. The third-order valence-electron chi connectivity index (χ3n) is 4.53. The molecule has 1 saturated heterocycles. The fraction of sp³-hybridized carbons (Fsp3) is 0.368. The minimum Gasteiger partial charge on any atom is -0.483 e. The molecule has 1 N–H and O–H groups in total. The monoisotopic (exact) mass is 327 g/mol. The minimum absolute atomic E-state index is 0.0115. The molecule has 0 atom stereocenters. The molecule has 0 aromatic heterocycles. The van der Waals surface area contributed by atoms with Crippen molar-refractivity contribution in [3.8, 4) is 5.75 Å². The number of carbonyl (C=O) groups excluding carboxylic acids is 1. The SMILES string of the molecule is O=C(O)CC1CCN(C(=O)COc2cccc3ccccc23)CC1. The molecule has 2 aromatic carbocycles. The zero-order valence-corrected chi connectivity index (χ0v) is 13.5. The number of piperidine rings is 1. The Balaban J connectivity index is 1.55. The van der Waals surface area contributed by atoms with Crippen LogP contribution in [0.5, 0.6) is 5.75 Å². The van der Waals surface area contributed by atoms with Gasteiger partial charge in [0.05, 0.1) is 0 Å². The summed E-state index contributed by atoms with van der Waals surface area (Å²) in [5, 5.41) is 10.9. The van der Waals surface area contributed by atoms with Crippen LogP contribution >= 0.6 is 0 Å². The molecule has 0 unspecified atom stereocenters. The van der Waals surface area contributed by atoms with Crippen LogP contribution in [0.1, 0.15) is 19.3 Å². The van der Waals surface area contributed by atoms with Gasteiger partial charge in [-0.15, -0.1) is 0 Å². The van der Waals surface area contributed by atoms with Crippen LogP contribution in [0.4, 0.5) is 0 Å². The lowest BCUT2D eigenvalue weighted by Crippen LogP contribution is -2.41. The highest BCUT2D eigenvalue weighted by atomic mass is 16.5. The van der Waals surface area contributed by atoms with Crippen LogP contribution in [0.25, 0.3) is 10.8 Å². The van der Waals surface area contributed by atoms with E-state index in [0.29, 0.717) is 18.8 Å². The van der Waals surface area contributed by atoms with Gasteiger partial charge in [0.1, 0.15) is 5.75 Å². The minimum atomic E-state index is -0.765. The van der Waals surface area contributed by atoms with Crippen molar-refractivity contribution in [2.45, 2.75) is 19.3 Å². The Morgan fingerprint density at radius 3 is 2.54 bits per heavy atom. The van der Waals surface area contributed by atoms with Gasteiger partial charge in [0.25, 0.3) is 5.91 Å². The van der Waals surface area contributed by atoms with Crippen molar-refractivity contribution >= 4 is 22.6 Å². The van der Waals surface area contributed by atoms with Crippen LogP contribution in [-0.4, -0.2) is 41.6 Å². The second kappa shape index (κ2) is 7.34. The van der Waals surface area contributed by atoms with Gasteiger partial charge in [0, 0.05) is 24.9 Å². The standard InChI is InChI=1S/C19H21NO4/c21-18(20-10-8-14(9-11-20)12-19(22)23)13-24-17-7-3-5-15-4-1-2-6-16(15)17/h1-7,14H,8-13H2,(H,22,23). The predicted octanol–water partition coefficient (Wildman–Crippen LogP) is 2.93. The smallest absolute Gasteiger partial charge is 0.303 e. The highest BCUT2D eigenvalue weighted by molar-refractivity contribution is 5.88. The first kappa shape index (κ1) is 16.3. The highest BCUT2D eigenvalue weighted by Crippen LogP contribution is 2.25. The predicted molar refractivity (Wildman–Crippen MR) is 91.0 cm³/mol. The molecule has 126 valence electrons. The number of likely N-dealkylation sites (tertiary alicyclic amines) is 1. The molecular formula is C19H21NO4. The van der Waals surface area contributed by atoms with Gasteiger partial charge in [-0.25, -0.2) is 0 Å². The summed E-state index contributed by atoms with van der Waals surface area (Å²) in [5.74, 6) is 0.0727. The summed E-state index contributed by atoms with van der Waals surface area (Å²) >= 11 is 0. The van der Waals surface area contributed by atoms with Crippen LogP contribution in [0.15, 0.2) is 42.5 Å². The molecular weight excluding hydrogens is 306 g/mol. The summed E-state index contributed by atoms with van der Waals surface area (Å²) in [5.41, 5.74) is 0. The van der Waals surface area contributed by atoms with Crippen molar-refractivity contribution in [2.24, 2.45) is 5.92 Å². The first-order chi connectivity index (χ1) is 11.6. The maximum atomic E-state index is 12.3. The van der Waals surface area contributed by atoms with Gasteiger partial charge in [-0.3, -0.25) is 9.59 Å². The van der Waals surface area contributed by atoms with Crippen molar-refractivity contribution < 1.29 is 19.4 Å². The van der Waals surface area contributed by atoms with Crippen LogP contribution < -0.4 is 4.74 Å². The average molecular weight is 327 g/mol. The molecule has 3 rings (SSSR count). The normalized spacial score (nSPS) is 15.4. The van der Waals surface area contributed by atoms with Gasteiger partial charge >= 0.3 is 5.97 Å². The number of rotatable bonds is 5. The molecule has 1 heterocycles. The Morgan fingerprint density at radius 2 is 1.79 bits per heavy atom. The zero-order valence-electron chi connectivity index (χ0n) is 13.5. The zero-order chi connectivity index (χ0) is 16.9. The Morgan fingerprint density at radius 1 is 1.08 bits per heavy atom. The molecule has 0 bridgehead atoms. The molecule has 24 heavy (non-hydrogen) atoms. The number of amides is 1. The lowest BCUT2D eigenvalue weighted by Gasteiger charge is -2.31. The summed E-state index contributed by atoms with van der Waals surface area (Å²) in [6, 6.07) is 13.7. The number of fused-ring (bicyclic) bond motifs is 1. The van der Waals surface area contributed by atoms with E-state index in [2.05, 4.69) is 0 Å². The number of ether oxygens (including phenoxy) is 1. The van der Waals surface area contributed by atoms with E-state index in [1.807, 2.05) is 42.5 Å². The van der Waals surface area contributed by atoms with Gasteiger partial charge in [-0.1, -0.05) is 36.4 Å². The maximum absolute atomic E-state index is 12.3. The van der Waals surface area contributed by atoms with Crippen LogP contribution in [0, 0.1) is 5.92 Å². The number of nitrogens with zero attached hydrogens (tertiary/aromatic N) is 1. The van der Waals surface area contributed by atoms with Crippen molar-refractivity contribution in [1.29, 1.82) is 0 Å². The number of hydrogen-bond acceptors (Lipinski definition) is 3. The van der Waals surface area contributed by atoms with Crippen LogP contribution in [0.3, 0.4) is 0 Å². The van der Waals surface area contributed by atoms with E-state index in [1.54, 1.807) is 4.90 Å². The summed E-state index contributed by atoms with van der Waals surface area (Å²) in [4.78, 5) is 24.8. The number of aliphatic carboxylic acids is 1. The van der Waals surface area contributed by atoms with Crippen molar-refractivity contribution in [2.75, 3.05) is 19.7 Å². The second-order valence-corrected chi connectivity index (χ2v) is 6.19. The van der Waals surface area contributed by atoms with E-state index < -0.39 is 5.97 Å². The lowest BCUT2D eigenvalue weighted by atomic mass is 9.94. The molecule has 1 aliphatic rings. The van der Waals surface area contributed by atoms with Gasteiger partial charge in [-0.05, 0) is 30.2 Å². The van der Waals surface area contributed by atoms with E-state index in [-0.39, 0.29) is 24.9 Å². The molecule has 0 saturated carbocycles. The summed E-state index contributed by atoms with van der Waals surface area (Å²) in [7, 11) is 0. The third kappa shape index (κ3) is 3.85. The van der Waals surface area contributed by atoms with Crippen molar-refractivity contribution in [3.05, 3.63) is 42.5 Å². The van der Waals surface area contributed by atoms with Gasteiger partial charge in [0.15, 0.2) is 6.61 Å². The fourth-order valence-electron chi connectivity index (χ4n) is 3.19. The molecule has 2 aromatic rings. The second-order valence-electron chi connectivity index (χ2n) is 6.19. The van der Waals surface area contributed by atoms with Crippen molar-refractivity contribution in [1.82, 2.24) is 4.90 Å². The van der Waals surface area contributed by atoms with Gasteiger partial charge < -0.3 is 14.7 Å². The largest absolute Gasteiger partial charge is 0.483 e. The maximum Gasteiger partial charge on any atom is 0.303 e. The molecule has 1 amide bonds. The Labute approximate surface area is 140 Å². The highest BCUT2D eigenvalue weighted by Gasteiger charge is 2.24. The average Bonchev–Trinajstić information content (AvgIpc) is 2.59. The van der Waals surface area contributed by atoms with E-state index in [0.717, 1.165) is 23.6 Å². The number of hydrogen-bond donors (Lipinski definition) is 1. The first-order valence-corrected chi connectivity index (χ1v) is 8.23. The Hall–Kier alpha value is -2.56. The third-order valence-corrected chi connectivity index (χ3v) is 4.53. The topological polar surface area (TPSA) is 66.8 Å². The molecule has 1 fully saturated rings. The van der Waals surface area contributed by atoms with Gasteiger partial charge in [-0.2, -0.15) is 0 Å². The fourth-order valence-corrected chi connectivity index (χ4v) is 3.19. The molecule has 0 spiro atoms. The Kier molecular flexibility index (Phi) is 4.99. The quantitative estimate of drug-likeness (QED) is 0.917. The van der Waals surface area contributed by atoms with Gasteiger partial charge in [0.2, 0.25) is 0 Å². The molecule has 1 aliphatic heterocycles. The number of carboxylic acid groups (broad SMARTS) is 1. The van der Waals surface area contributed by atoms with Crippen LogP contribution in [0.2, 0.25) is 0 Å². The number of benzene rings is 2. The molecule has 5 heteroatoms. The van der Waals surface area contributed by atoms with E-state index in [4.69, 9.17) is 9.84 Å². The lowest BCUT2D eigenvalue weighted by molar-refractivity contribution is -0.139. The first-order valence-electron chi connectivity index (χ1n) is 8.23. The molecule has 5 nitrogen and oxygen atoms in total. The molecule has 0 aliphatic carbocycles. The number of carbonyl (C=O) groups is 2. The summed E-state index contributed by atoms with van der Waals surface area (Å²) < 4.78 is 5.74. The summed E-state index contributed by atoms with van der Waals surface area (Å²) in [6.07, 6.45) is 1.67. The van der Waals surface area contributed by atoms with E-state index in [1.165, 1.54) is 0 Å². The van der Waals surface area contributed by atoms with Crippen molar-refractivity contribution in [3.63, 3.8) is 0 Å². The Bertz CT molecular complexity index is 730. The van der Waals surface area contributed by atoms with E-state index >= 15 is 0 Å².